The Hall–Kier alpha value is -4.19. The van der Waals surface area contributed by atoms with Crippen LogP contribution in [0.1, 0.15) is 27.3 Å². The highest BCUT2D eigenvalue weighted by Crippen LogP contribution is 2.22. The standard InChI is InChI=1S/C26H23N5O/c1-19-29-24-15-22(11-12-25(24)31(19)23-5-3-2-4-6-23)26(32)28-16-20-7-9-21(10-8-20)17-30-14-13-27-18-30/h2-15,18H,16-17H2,1H3,(H,28,32). The van der Waals surface area contributed by atoms with Crippen LogP contribution < -0.4 is 5.32 Å². The quantitative estimate of drug-likeness (QED) is 0.439. The highest BCUT2D eigenvalue weighted by Gasteiger charge is 2.12. The number of rotatable bonds is 6. The summed E-state index contributed by atoms with van der Waals surface area (Å²) in [7, 11) is 0. The Labute approximate surface area is 186 Å². The van der Waals surface area contributed by atoms with Crippen molar-refractivity contribution >= 4 is 16.9 Å². The lowest BCUT2D eigenvalue weighted by Gasteiger charge is -2.08. The number of nitrogens with zero attached hydrogens (tertiary/aromatic N) is 4. The lowest BCUT2D eigenvalue weighted by molar-refractivity contribution is 0.0951. The summed E-state index contributed by atoms with van der Waals surface area (Å²) < 4.78 is 4.12. The number of carbonyl (C=O) groups excluding carboxylic acids is 1. The molecule has 6 nitrogen and oxygen atoms in total. The number of aryl methyl sites for hydroxylation is 1. The van der Waals surface area contributed by atoms with Gasteiger partial charge < -0.3 is 9.88 Å². The Morgan fingerprint density at radius 3 is 2.50 bits per heavy atom. The zero-order valence-electron chi connectivity index (χ0n) is 17.8. The maximum Gasteiger partial charge on any atom is 0.251 e. The normalized spacial score (nSPS) is 11.0. The van der Waals surface area contributed by atoms with Crippen LogP contribution in [-0.4, -0.2) is 25.0 Å². The van der Waals surface area contributed by atoms with Crippen molar-refractivity contribution in [3.63, 3.8) is 0 Å². The minimum atomic E-state index is -0.110. The monoisotopic (exact) mass is 421 g/mol. The molecule has 2 heterocycles. The van der Waals surface area contributed by atoms with Crippen LogP contribution in [0.2, 0.25) is 0 Å². The van der Waals surface area contributed by atoms with Gasteiger partial charge in [-0.2, -0.15) is 0 Å². The molecule has 3 aromatic carbocycles. The number of aromatic nitrogens is 4. The van der Waals surface area contributed by atoms with Gasteiger partial charge in [0.1, 0.15) is 5.82 Å². The molecule has 1 N–H and O–H groups in total. The van der Waals surface area contributed by atoms with Crippen LogP contribution in [-0.2, 0) is 13.1 Å². The van der Waals surface area contributed by atoms with Gasteiger partial charge in [-0.1, -0.05) is 42.5 Å². The molecule has 5 rings (SSSR count). The van der Waals surface area contributed by atoms with Crippen LogP contribution in [0.5, 0.6) is 0 Å². The van der Waals surface area contributed by atoms with Crippen molar-refractivity contribution in [1.82, 2.24) is 24.4 Å². The van der Waals surface area contributed by atoms with Crippen molar-refractivity contribution in [3.05, 3.63) is 114 Å². The number of hydrogen-bond donors (Lipinski definition) is 1. The van der Waals surface area contributed by atoms with E-state index in [1.54, 1.807) is 12.5 Å². The van der Waals surface area contributed by atoms with E-state index in [0.29, 0.717) is 12.1 Å². The van der Waals surface area contributed by atoms with E-state index < -0.39 is 0 Å². The van der Waals surface area contributed by atoms with Gasteiger partial charge in [-0.25, -0.2) is 9.97 Å². The van der Waals surface area contributed by atoms with Crippen molar-refractivity contribution < 1.29 is 4.79 Å². The molecule has 0 saturated carbocycles. The van der Waals surface area contributed by atoms with Gasteiger partial charge in [0.05, 0.1) is 17.4 Å². The molecule has 0 saturated heterocycles. The molecule has 0 aliphatic rings. The summed E-state index contributed by atoms with van der Waals surface area (Å²) in [5.74, 6) is 0.779. The summed E-state index contributed by atoms with van der Waals surface area (Å²) in [4.78, 5) is 21.5. The van der Waals surface area contributed by atoms with Gasteiger partial charge in [0.15, 0.2) is 0 Å². The first-order valence-corrected chi connectivity index (χ1v) is 10.5. The fraction of sp³-hybridized carbons (Fsp3) is 0.115. The van der Waals surface area contributed by atoms with Crippen LogP contribution >= 0.6 is 0 Å². The third-order valence-corrected chi connectivity index (χ3v) is 5.50. The predicted molar refractivity (Wildman–Crippen MR) is 125 cm³/mol. The van der Waals surface area contributed by atoms with Gasteiger partial charge >= 0.3 is 0 Å². The lowest BCUT2D eigenvalue weighted by atomic mass is 10.1. The van der Waals surface area contributed by atoms with Crippen LogP contribution in [0.4, 0.5) is 0 Å². The maximum atomic E-state index is 12.7. The number of carbonyl (C=O) groups is 1. The lowest BCUT2D eigenvalue weighted by Crippen LogP contribution is -2.22. The van der Waals surface area contributed by atoms with Crippen LogP contribution in [0, 0.1) is 6.92 Å². The molecule has 158 valence electrons. The molecule has 0 aliphatic carbocycles. The second-order valence-corrected chi connectivity index (χ2v) is 7.77. The fourth-order valence-corrected chi connectivity index (χ4v) is 3.88. The van der Waals surface area contributed by atoms with Gasteiger partial charge in [0, 0.05) is 36.7 Å². The van der Waals surface area contributed by atoms with Gasteiger partial charge in [0.25, 0.3) is 5.91 Å². The summed E-state index contributed by atoms with van der Waals surface area (Å²) in [6.07, 6.45) is 5.51. The Kier molecular flexibility index (Phi) is 5.25. The summed E-state index contributed by atoms with van der Waals surface area (Å²) in [6.45, 7) is 3.23. The van der Waals surface area contributed by atoms with E-state index in [2.05, 4.69) is 44.1 Å². The molecule has 0 spiro atoms. The minimum absolute atomic E-state index is 0.110. The maximum absolute atomic E-state index is 12.7. The van der Waals surface area contributed by atoms with E-state index in [0.717, 1.165) is 34.7 Å². The number of imidazole rings is 2. The summed E-state index contributed by atoms with van der Waals surface area (Å²) in [6, 6.07) is 24.0. The Balaban J connectivity index is 1.28. The van der Waals surface area contributed by atoms with Crippen molar-refractivity contribution in [1.29, 1.82) is 0 Å². The predicted octanol–water partition coefficient (Wildman–Crippen LogP) is 4.51. The van der Waals surface area contributed by atoms with E-state index in [4.69, 9.17) is 0 Å². The van der Waals surface area contributed by atoms with Gasteiger partial charge in [-0.05, 0) is 48.4 Å². The van der Waals surface area contributed by atoms with E-state index in [-0.39, 0.29) is 5.91 Å². The molecule has 0 unspecified atom stereocenters. The van der Waals surface area contributed by atoms with E-state index in [1.807, 2.05) is 66.2 Å². The van der Waals surface area contributed by atoms with E-state index in [1.165, 1.54) is 5.56 Å². The van der Waals surface area contributed by atoms with Gasteiger partial charge in [-0.15, -0.1) is 0 Å². The highest BCUT2D eigenvalue weighted by molar-refractivity contribution is 5.97. The summed E-state index contributed by atoms with van der Waals surface area (Å²) in [5.41, 5.74) is 5.70. The molecule has 0 bridgehead atoms. The van der Waals surface area contributed by atoms with Crippen LogP contribution in [0.25, 0.3) is 16.7 Å². The average molecular weight is 422 g/mol. The first-order valence-electron chi connectivity index (χ1n) is 10.5. The Morgan fingerprint density at radius 1 is 0.969 bits per heavy atom. The van der Waals surface area contributed by atoms with Crippen LogP contribution in [0.3, 0.4) is 0 Å². The number of benzene rings is 3. The Morgan fingerprint density at radius 2 is 1.75 bits per heavy atom. The second kappa shape index (κ2) is 8.51. The molecular formula is C26H23N5O. The van der Waals surface area contributed by atoms with Crippen molar-refractivity contribution in [3.8, 4) is 5.69 Å². The summed E-state index contributed by atoms with van der Waals surface area (Å²) in [5, 5.41) is 3.01. The zero-order valence-corrected chi connectivity index (χ0v) is 17.8. The average Bonchev–Trinajstić information content (AvgIpc) is 3.45. The smallest absolute Gasteiger partial charge is 0.251 e. The first-order chi connectivity index (χ1) is 15.7. The largest absolute Gasteiger partial charge is 0.348 e. The molecule has 2 aromatic heterocycles. The molecule has 5 aromatic rings. The number of amides is 1. The SMILES string of the molecule is Cc1nc2cc(C(=O)NCc3ccc(Cn4ccnc4)cc3)ccc2n1-c1ccccc1. The third-order valence-electron chi connectivity index (χ3n) is 5.50. The first kappa shape index (κ1) is 19.8. The van der Waals surface area contributed by atoms with Gasteiger partial charge in [0.2, 0.25) is 0 Å². The zero-order chi connectivity index (χ0) is 21.9. The molecule has 0 fully saturated rings. The molecular weight excluding hydrogens is 398 g/mol. The van der Waals surface area contributed by atoms with E-state index >= 15 is 0 Å². The number of para-hydroxylation sites is 1. The van der Waals surface area contributed by atoms with Gasteiger partial charge in [-0.3, -0.25) is 9.36 Å². The number of hydrogen-bond acceptors (Lipinski definition) is 3. The topological polar surface area (TPSA) is 64.7 Å². The third kappa shape index (κ3) is 4.03. The van der Waals surface area contributed by atoms with Crippen molar-refractivity contribution in [2.24, 2.45) is 0 Å². The van der Waals surface area contributed by atoms with Crippen LogP contribution in [0.15, 0.2) is 91.5 Å². The van der Waals surface area contributed by atoms with E-state index in [9.17, 15) is 4.79 Å². The fourth-order valence-electron chi connectivity index (χ4n) is 3.88. The molecule has 0 atom stereocenters. The highest BCUT2D eigenvalue weighted by atomic mass is 16.1. The minimum Gasteiger partial charge on any atom is -0.348 e. The molecule has 32 heavy (non-hydrogen) atoms. The second-order valence-electron chi connectivity index (χ2n) is 7.77. The molecule has 0 aliphatic heterocycles. The number of nitrogens with one attached hydrogen (secondary N) is 1. The Bertz CT molecular complexity index is 1350. The molecule has 1 amide bonds. The molecule has 6 heteroatoms. The molecule has 0 radical (unpaired) electrons. The summed E-state index contributed by atoms with van der Waals surface area (Å²) >= 11 is 0. The van der Waals surface area contributed by atoms with Crippen molar-refractivity contribution in [2.75, 3.05) is 0 Å². The van der Waals surface area contributed by atoms with Crippen molar-refractivity contribution in [2.45, 2.75) is 20.0 Å². The number of fused-ring (bicyclic) bond motifs is 1.